The highest BCUT2D eigenvalue weighted by Gasteiger charge is 2.19. The smallest absolute Gasteiger partial charge is 0.273 e. The van der Waals surface area contributed by atoms with Gasteiger partial charge in [-0.15, -0.1) is 10.2 Å². The van der Waals surface area contributed by atoms with Crippen LogP contribution in [-0.4, -0.2) is 39.2 Å². The maximum absolute atomic E-state index is 11.5. The van der Waals surface area contributed by atoms with Crippen LogP contribution in [0.1, 0.15) is 24.1 Å². The molecular formula is C16H21N5O. The molecule has 3 rings (SSSR count). The summed E-state index contributed by atoms with van der Waals surface area (Å²) in [4.78, 5) is 16.7. The lowest BCUT2D eigenvalue weighted by Gasteiger charge is -2.32. The minimum Gasteiger partial charge on any atom is -0.352 e. The first-order valence-corrected chi connectivity index (χ1v) is 7.67. The SMILES string of the molecule is Cc1nnc(NC2CCN(Cc3ccccc3)CC2)[nH]c1=O. The second-order valence-electron chi connectivity index (χ2n) is 5.77. The third-order valence-electron chi connectivity index (χ3n) is 4.04. The summed E-state index contributed by atoms with van der Waals surface area (Å²) < 4.78 is 0. The zero-order valence-electron chi connectivity index (χ0n) is 12.7. The van der Waals surface area contributed by atoms with Crippen molar-refractivity contribution in [1.82, 2.24) is 20.1 Å². The summed E-state index contributed by atoms with van der Waals surface area (Å²) in [7, 11) is 0. The quantitative estimate of drug-likeness (QED) is 0.896. The number of rotatable bonds is 4. The van der Waals surface area contributed by atoms with Crippen LogP contribution >= 0.6 is 0 Å². The molecule has 1 aliphatic rings. The van der Waals surface area contributed by atoms with E-state index in [2.05, 4.69) is 49.7 Å². The molecule has 0 amide bonds. The summed E-state index contributed by atoms with van der Waals surface area (Å²) >= 11 is 0. The van der Waals surface area contributed by atoms with Gasteiger partial charge < -0.3 is 5.32 Å². The summed E-state index contributed by atoms with van der Waals surface area (Å²) in [6.45, 7) is 4.72. The van der Waals surface area contributed by atoms with Crippen LogP contribution in [0.3, 0.4) is 0 Å². The molecule has 6 nitrogen and oxygen atoms in total. The third kappa shape index (κ3) is 3.71. The Morgan fingerprint density at radius 3 is 2.64 bits per heavy atom. The molecule has 1 aliphatic heterocycles. The largest absolute Gasteiger partial charge is 0.352 e. The van der Waals surface area contributed by atoms with Crippen molar-refractivity contribution in [3.63, 3.8) is 0 Å². The third-order valence-corrected chi connectivity index (χ3v) is 4.04. The average molecular weight is 299 g/mol. The van der Waals surface area contributed by atoms with Crippen LogP contribution in [0.5, 0.6) is 0 Å². The molecule has 2 aromatic rings. The summed E-state index contributed by atoms with van der Waals surface area (Å²) in [5.74, 6) is 0.470. The molecule has 1 saturated heterocycles. The number of aromatic nitrogens is 3. The van der Waals surface area contributed by atoms with Gasteiger partial charge in [0.25, 0.3) is 5.56 Å². The molecule has 0 saturated carbocycles. The van der Waals surface area contributed by atoms with Crippen LogP contribution in [-0.2, 0) is 6.54 Å². The number of anilines is 1. The minimum absolute atomic E-state index is 0.181. The predicted molar refractivity (Wildman–Crippen MR) is 85.8 cm³/mol. The minimum atomic E-state index is -0.181. The van der Waals surface area contributed by atoms with Crippen molar-refractivity contribution < 1.29 is 0 Å². The Kier molecular flexibility index (Phi) is 4.48. The van der Waals surface area contributed by atoms with E-state index in [-0.39, 0.29) is 5.56 Å². The van der Waals surface area contributed by atoms with E-state index in [4.69, 9.17) is 0 Å². The van der Waals surface area contributed by atoms with Gasteiger partial charge in [0.2, 0.25) is 5.95 Å². The molecule has 0 spiro atoms. The van der Waals surface area contributed by atoms with Gasteiger partial charge >= 0.3 is 0 Å². The van der Waals surface area contributed by atoms with Crippen molar-refractivity contribution in [3.05, 3.63) is 51.9 Å². The van der Waals surface area contributed by atoms with Crippen molar-refractivity contribution in [2.45, 2.75) is 32.4 Å². The highest BCUT2D eigenvalue weighted by Crippen LogP contribution is 2.15. The maximum Gasteiger partial charge on any atom is 0.273 e. The van der Waals surface area contributed by atoms with E-state index in [1.54, 1.807) is 6.92 Å². The molecule has 116 valence electrons. The molecule has 0 aliphatic carbocycles. The van der Waals surface area contributed by atoms with Gasteiger partial charge in [-0.1, -0.05) is 30.3 Å². The van der Waals surface area contributed by atoms with Crippen LogP contribution in [0.15, 0.2) is 35.1 Å². The fourth-order valence-electron chi connectivity index (χ4n) is 2.73. The maximum atomic E-state index is 11.5. The van der Waals surface area contributed by atoms with Gasteiger partial charge in [0, 0.05) is 25.7 Å². The second kappa shape index (κ2) is 6.70. The van der Waals surface area contributed by atoms with Gasteiger partial charge in [-0.25, -0.2) is 0 Å². The lowest BCUT2D eigenvalue weighted by Crippen LogP contribution is -2.39. The van der Waals surface area contributed by atoms with Crippen LogP contribution < -0.4 is 10.9 Å². The lowest BCUT2D eigenvalue weighted by molar-refractivity contribution is 0.211. The molecule has 0 bridgehead atoms. The molecule has 1 aromatic carbocycles. The Balaban J connectivity index is 1.51. The second-order valence-corrected chi connectivity index (χ2v) is 5.77. The topological polar surface area (TPSA) is 73.9 Å². The van der Waals surface area contributed by atoms with E-state index >= 15 is 0 Å². The number of hydrogen-bond acceptors (Lipinski definition) is 5. The van der Waals surface area contributed by atoms with Gasteiger partial charge in [0.15, 0.2) is 0 Å². The Morgan fingerprint density at radius 1 is 1.23 bits per heavy atom. The number of H-pyrrole nitrogens is 1. The number of benzene rings is 1. The van der Waals surface area contributed by atoms with Crippen molar-refractivity contribution in [2.24, 2.45) is 0 Å². The van der Waals surface area contributed by atoms with Gasteiger partial charge in [0.1, 0.15) is 5.69 Å². The molecule has 0 radical (unpaired) electrons. The van der Waals surface area contributed by atoms with Crippen LogP contribution in [0.2, 0.25) is 0 Å². The molecular weight excluding hydrogens is 278 g/mol. The summed E-state index contributed by atoms with van der Waals surface area (Å²) in [5, 5.41) is 11.1. The van der Waals surface area contributed by atoms with Gasteiger partial charge in [-0.3, -0.25) is 14.7 Å². The number of piperidine rings is 1. The highest BCUT2D eigenvalue weighted by atomic mass is 16.1. The normalized spacial score (nSPS) is 16.6. The summed E-state index contributed by atoms with van der Waals surface area (Å²) in [5.41, 5.74) is 1.56. The summed E-state index contributed by atoms with van der Waals surface area (Å²) in [6, 6.07) is 10.9. The van der Waals surface area contributed by atoms with Gasteiger partial charge in [-0.05, 0) is 25.3 Å². The first-order chi connectivity index (χ1) is 10.7. The molecule has 0 unspecified atom stereocenters. The number of aryl methyl sites for hydroxylation is 1. The highest BCUT2D eigenvalue weighted by molar-refractivity contribution is 5.24. The van der Waals surface area contributed by atoms with Crippen molar-refractivity contribution in [1.29, 1.82) is 0 Å². The molecule has 1 aromatic heterocycles. The predicted octanol–water partition coefficient (Wildman–Crippen LogP) is 1.55. The Labute approximate surface area is 129 Å². The van der Waals surface area contributed by atoms with Crippen LogP contribution in [0.25, 0.3) is 0 Å². The standard InChI is InChI=1S/C16H21N5O/c1-12-15(22)18-16(20-19-12)17-14-7-9-21(10-8-14)11-13-5-3-2-4-6-13/h2-6,14H,7-11H2,1H3,(H2,17,18,20,22). The van der Waals surface area contributed by atoms with E-state index in [1.807, 2.05) is 6.07 Å². The molecule has 0 atom stereocenters. The number of nitrogens with zero attached hydrogens (tertiary/aromatic N) is 3. The van der Waals surface area contributed by atoms with Crippen molar-refractivity contribution in [2.75, 3.05) is 18.4 Å². The fraction of sp³-hybridized carbons (Fsp3) is 0.438. The fourth-order valence-corrected chi connectivity index (χ4v) is 2.73. The van der Waals surface area contributed by atoms with E-state index in [0.29, 0.717) is 17.7 Å². The van der Waals surface area contributed by atoms with E-state index in [9.17, 15) is 4.79 Å². The Hall–Kier alpha value is -2.21. The van der Waals surface area contributed by atoms with Crippen LogP contribution in [0, 0.1) is 6.92 Å². The Morgan fingerprint density at radius 2 is 1.95 bits per heavy atom. The molecule has 22 heavy (non-hydrogen) atoms. The van der Waals surface area contributed by atoms with Crippen LogP contribution in [0.4, 0.5) is 5.95 Å². The zero-order chi connectivity index (χ0) is 15.4. The van der Waals surface area contributed by atoms with E-state index in [1.165, 1.54) is 5.56 Å². The molecule has 2 N–H and O–H groups in total. The molecule has 6 heteroatoms. The number of nitrogens with one attached hydrogen (secondary N) is 2. The lowest BCUT2D eigenvalue weighted by atomic mass is 10.0. The number of aromatic amines is 1. The molecule has 1 fully saturated rings. The molecule has 2 heterocycles. The Bertz CT molecular complexity index is 662. The van der Waals surface area contributed by atoms with Crippen molar-refractivity contribution in [3.8, 4) is 0 Å². The zero-order valence-corrected chi connectivity index (χ0v) is 12.7. The van der Waals surface area contributed by atoms with Gasteiger partial charge in [-0.2, -0.15) is 0 Å². The first kappa shape index (κ1) is 14.7. The van der Waals surface area contributed by atoms with Crippen molar-refractivity contribution >= 4 is 5.95 Å². The van der Waals surface area contributed by atoms with E-state index in [0.717, 1.165) is 32.5 Å². The first-order valence-electron chi connectivity index (χ1n) is 7.67. The average Bonchev–Trinajstić information content (AvgIpc) is 2.54. The summed E-state index contributed by atoms with van der Waals surface area (Å²) in [6.07, 6.45) is 2.06. The number of likely N-dealkylation sites (tertiary alicyclic amines) is 1. The van der Waals surface area contributed by atoms with Gasteiger partial charge in [0.05, 0.1) is 0 Å². The number of hydrogen-bond donors (Lipinski definition) is 2. The monoisotopic (exact) mass is 299 g/mol. The van der Waals surface area contributed by atoms with E-state index < -0.39 is 0 Å².